The fourth-order valence-electron chi connectivity index (χ4n) is 3.47. The summed E-state index contributed by atoms with van der Waals surface area (Å²) in [5, 5.41) is 0.442. The second-order valence-electron chi connectivity index (χ2n) is 7.60. The van der Waals surface area contributed by atoms with E-state index in [1.165, 1.54) is 28.4 Å². The molecule has 1 aromatic heterocycles. The monoisotopic (exact) mass is 468 g/mol. The van der Waals surface area contributed by atoms with Gasteiger partial charge >= 0.3 is 0 Å². The molecular formula is C24H21FN2O3S2. The zero-order valence-electron chi connectivity index (χ0n) is 17.6. The van der Waals surface area contributed by atoms with E-state index < -0.39 is 27.3 Å². The molecule has 4 aromatic rings. The third kappa shape index (κ3) is 4.71. The van der Waals surface area contributed by atoms with Gasteiger partial charge in [-0.1, -0.05) is 47.7 Å². The molecular weight excluding hydrogens is 447 g/mol. The number of rotatable bonds is 6. The summed E-state index contributed by atoms with van der Waals surface area (Å²) >= 11 is 1.36. The molecule has 0 spiro atoms. The first-order valence-corrected chi connectivity index (χ1v) is 12.4. The maximum Gasteiger partial charge on any atom is 0.244 e. The predicted molar refractivity (Wildman–Crippen MR) is 125 cm³/mol. The maximum absolute atomic E-state index is 13.3. The largest absolute Gasteiger partial charge is 0.283 e. The highest BCUT2D eigenvalue weighted by Gasteiger charge is 2.27. The smallest absolute Gasteiger partial charge is 0.244 e. The summed E-state index contributed by atoms with van der Waals surface area (Å²) in [6.45, 7) is 4.16. The van der Waals surface area contributed by atoms with Crippen LogP contribution in [-0.2, 0) is 21.2 Å². The van der Waals surface area contributed by atoms with E-state index in [1.807, 2.05) is 56.3 Å². The van der Waals surface area contributed by atoms with E-state index in [1.54, 1.807) is 0 Å². The van der Waals surface area contributed by atoms with E-state index in [0.717, 1.165) is 39.0 Å². The zero-order valence-corrected chi connectivity index (χ0v) is 19.2. The first kappa shape index (κ1) is 22.1. The Labute approximate surface area is 190 Å². The van der Waals surface area contributed by atoms with Gasteiger partial charge in [0, 0.05) is 0 Å². The lowest BCUT2D eigenvalue weighted by Crippen LogP contribution is -2.35. The highest BCUT2D eigenvalue weighted by molar-refractivity contribution is 7.92. The molecule has 0 aliphatic heterocycles. The van der Waals surface area contributed by atoms with Crippen molar-refractivity contribution in [2.45, 2.75) is 25.3 Å². The van der Waals surface area contributed by atoms with Gasteiger partial charge in [0.05, 0.1) is 21.7 Å². The third-order valence-corrected chi connectivity index (χ3v) is 7.86. The molecule has 4 rings (SSSR count). The van der Waals surface area contributed by atoms with Crippen LogP contribution in [0.2, 0.25) is 0 Å². The Morgan fingerprint density at radius 1 is 1.03 bits per heavy atom. The van der Waals surface area contributed by atoms with Crippen LogP contribution in [0.4, 0.5) is 9.52 Å². The number of carbonyl (C=O) groups is 1. The van der Waals surface area contributed by atoms with Crippen molar-refractivity contribution in [2.24, 2.45) is 0 Å². The molecule has 0 fully saturated rings. The number of carbonyl (C=O) groups excluding carboxylic acids is 1. The summed E-state index contributed by atoms with van der Waals surface area (Å²) in [5.74, 6) is -1.87. The van der Waals surface area contributed by atoms with Gasteiger partial charge in [-0.15, -0.1) is 0 Å². The summed E-state index contributed by atoms with van der Waals surface area (Å²) in [6.07, 6.45) is 0. The van der Waals surface area contributed by atoms with Crippen LogP contribution in [-0.4, -0.2) is 25.1 Å². The van der Waals surface area contributed by atoms with E-state index >= 15 is 0 Å². The Morgan fingerprint density at radius 2 is 1.72 bits per heavy atom. The molecule has 1 amide bonds. The Kier molecular flexibility index (Phi) is 6.08. The van der Waals surface area contributed by atoms with Crippen LogP contribution in [0.15, 0.2) is 71.6 Å². The number of hydrogen-bond donors (Lipinski definition) is 0. The third-order valence-electron chi connectivity index (χ3n) is 5.01. The normalized spacial score (nSPS) is 11.6. The number of nitrogens with zero attached hydrogens (tertiary/aromatic N) is 2. The van der Waals surface area contributed by atoms with Gasteiger partial charge in [-0.2, -0.15) is 0 Å². The highest BCUT2D eigenvalue weighted by Crippen LogP contribution is 2.33. The number of sulfone groups is 1. The molecule has 8 heteroatoms. The molecule has 0 N–H and O–H groups in total. The topological polar surface area (TPSA) is 67.3 Å². The first-order chi connectivity index (χ1) is 15.2. The molecule has 0 radical (unpaired) electrons. The van der Waals surface area contributed by atoms with Crippen LogP contribution in [0.5, 0.6) is 0 Å². The standard InChI is InChI=1S/C24H21FN2O3S2/c1-16-12-17(2)23-21(13-16)26-24(31-23)27(14-18-6-4-3-5-7-18)22(28)15-32(29,30)20-10-8-19(25)9-11-20/h3-13H,14-15H2,1-2H3. The van der Waals surface area contributed by atoms with Gasteiger partial charge in [0.2, 0.25) is 5.91 Å². The van der Waals surface area contributed by atoms with E-state index in [2.05, 4.69) is 4.98 Å². The van der Waals surface area contributed by atoms with Crippen LogP contribution >= 0.6 is 11.3 Å². The van der Waals surface area contributed by atoms with E-state index in [0.29, 0.717) is 5.13 Å². The van der Waals surface area contributed by atoms with Gasteiger partial charge in [0.1, 0.15) is 11.6 Å². The molecule has 5 nitrogen and oxygen atoms in total. The minimum Gasteiger partial charge on any atom is -0.283 e. The Bertz CT molecular complexity index is 1380. The number of aryl methyl sites for hydroxylation is 2. The van der Waals surface area contributed by atoms with Crippen molar-refractivity contribution in [3.63, 3.8) is 0 Å². The van der Waals surface area contributed by atoms with Crippen molar-refractivity contribution in [3.8, 4) is 0 Å². The molecule has 0 atom stereocenters. The van der Waals surface area contributed by atoms with Gasteiger partial charge in [0.15, 0.2) is 15.0 Å². The average Bonchev–Trinajstić information content (AvgIpc) is 3.16. The summed E-state index contributed by atoms with van der Waals surface area (Å²) in [4.78, 5) is 19.2. The van der Waals surface area contributed by atoms with Crippen molar-refractivity contribution in [2.75, 3.05) is 10.7 Å². The Hall–Kier alpha value is -3.10. The maximum atomic E-state index is 13.3. The molecule has 32 heavy (non-hydrogen) atoms. The minimum absolute atomic E-state index is 0.0947. The SMILES string of the molecule is Cc1cc(C)c2sc(N(Cc3ccccc3)C(=O)CS(=O)(=O)c3ccc(F)cc3)nc2c1. The predicted octanol–water partition coefficient (Wildman–Crippen LogP) is 5.06. The Morgan fingerprint density at radius 3 is 2.41 bits per heavy atom. The first-order valence-electron chi connectivity index (χ1n) is 9.93. The van der Waals surface area contributed by atoms with Gasteiger partial charge in [0.25, 0.3) is 0 Å². The van der Waals surface area contributed by atoms with Gasteiger partial charge in [-0.05, 0) is 60.9 Å². The van der Waals surface area contributed by atoms with Crippen LogP contribution in [0, 0.1) is 19.7 Å². The van der Waals surface area contributed by atoms with E-state index in [9.17, 15) is 17.6 Å². The quantitative estimate of drug-likeness (QED) is 0.371. The number of fused-ring (bicyclic) bond motifs is 1. The molecule has 0 saturated carbocycles. The van der Waals surface area contributed by atoms with Crippen molar-refractivity contribution in [1.82, 2.24) is 4.98 Å². The molecule has 0 unspecified atom stereocenters. The van der Waals surface area contributed by atoms with Crippen molar-refractivity contribution in [3.05, 3.63) is 89.2 Å². The Balaban J connectivity index is 1.71. The van der Waals surface area contributed by atoms with Crippen molar-refractivity contribution in [1.29, 1.82) is 0 Å². The zero-order chi connectivity index (χ0) is 22.9. The minimum atomic E-state index is -3.95. The van der Waals surface area contributed by atoms with Crippen LogP contribution < -0.4 is 4.90 Å². The second-order valence-corrected chi connectivity index (χ2v) is 10.6. The summed E-state index contributed by atoms with van der Waals surface area (Å²) in [5.41, 5.74) is 3.74. The van der Waals surface area contributed by atoms with Crippen molar-refractivity contribution >= 4 is 42.4 Å². The van der Waals surface area contributed by atoms with Crippen LogP contribution in [0.25, 0.3) is 10.2 Å². The van der Waals surface area contributed by atoms with Gasteiger partial charge in [-0.3, -0.25) is 9.69 Å². The number of benzene rings is 3. The van der Waals surface area contributed by atoms with Gasteiger partial charge in [-0.25, -0.2) is 17.8 Å². The fourth-order valence-corrected chi connectivity index (χ4v) is 5.71. The van der Waals surface area contributed by atoms with E-state index in [-0.39, 0.29) is 11.4 Å². The van der Waals surface area contributed by atoms with E-state index in [4.69, 9.17) is 0 Å². The number of hydrogen-bond acceptors (Lipinski definition) is 5. The van der Waals surface area contributed by atoms with Crippen LogP contribution in [0.1, 0.15) is 16.7 Å². The van der Waals surface area contributed by atoms with Crippen LogP contribution in [0.3, 0.4) is 0 Å². The number of thiazole rings is 1. The lowest BCUT2D eigenvalue weighted by Gasteiger charge is -2.20. The summed E-state index contributed by atoms with van der Waals surface area (Å²) in [7, 11) is -3.95. The summed E-state index contributed by atoms with van der Waals surface area (Å²) in [6, 6.07) is 17.8. The molecule has 0 aliphatic rings. The lowest BCUT2D eigenvalue weighted by atomic mass is 10.1. The number of aromatic nitrogens is 1. The molecule has 0 bridgehead atoms. The number of anilines is 1. The molecule has 0 aliphatic carbocycles. The number of halogens is 1. The summed E-state index contributed by atoms with van der Waals surface area (Å²) < 4.78 is 39.8. The molecule has 3 aromatic carbocycles. The van der Waals surface area contributed by atoms with Gasteiger partial charge < -0.3 is 0 Å². The second kappa shape index (κ2) is 8.80. The lowest BCUT2D eigenvalue weighted by molar-refractivity contribution is -0.116. The van der Waals surface area contributed by atoms with Crippen molar-refractivity contribution < 1.29 is 17.6 Å². The molecule has 164 valence electrons. The number of amides is 1. The fraction of sp³-hybridized carbons (Fsp3) is 0.167. The average molecular weight is 469 g/mol. The highest BCUT2D eigenvalue weighted by atomic mass is 32.2. The molecule has 0 saturated heterocycles. The molecule has 1 heterocycles.